The third-order valence-corrected chi connectivity index (χ3v) is 6.60. The van der Waals surface area contributed by atoms with E-state index >= 15 is 0 Å². The average Bonchev–Trinajstić information content (AvgIpc) is 3.54. The van der Waals surface area contributed by atoms with Gasteiger partial charge in [0.25, 0.3) is 0 Å². The van der Waals surface area contributed by atoms with E-state index < -0.39 is 24.8 Å². The van der Waals surface area contributed by atoms with E-state index in [4.69, 9.17) is 9.84 Å². The molecule has 2 aliphatic rings. The van der Waals surface area contributed by atoms with Crippen LogP contribution < -0.4 is 10.1 Å². The minimum absolute atomic E-state index is 0.0164. The number of aromatic amines is 1. The zero-order valence-electron chi connectivity index (χ0n) is 19.7. The third kappa shape index (κ3) is 5.26. The Hall–Kier alpha value is -4.37. The number of ether oxygens (including phenoxy) is 1. The topological polar surface area (TPSA) is 157 Å². The van der Waals surface area contributed by atoms with Gasteiger partial charge >= 0.3 is 0 Å². The molecule has 3 heterocycles. The summed E-state index contributed by atoms with van der Waals surface area (Å²) >= 11 is 0. The van der Waals surface area contributed by atoms with Crippen molar-refractivity contribution in [3.8, 4) is 22.9 Å². The molecule has 1 saturated heterocycles. The maximum atomic E-state index is 14.6. The number of aromatic nitrogens is 4. The Morgan fingerprint density at radius 2 is 2.11 bits per heavy atom. The van der Waals surface area contributed by atoms with Crippen LogP contribution in [0.2, 0.25) is 0 Å². The molecule has 1 saturated carbocycles. The maximum absolute atomic E-state index is 14.6. The molecule has 1 aliphatic carbocycles. The molecule has 0 spiro atoms. The molecule has 2 aromatic heterocycles. The predicted molar refractivity (Wildman–Crippen MR) is 128 cm³/mol. The second-order valence-corrected chi connectivity index (χ2v) is 9.02. The fourth-order valence-electron chi connectivity index (χ4n) is 4.48. The van der Waals surface area contributed by atoms with Crippen LogP contribution in [-0.2, 0) is 9.59 Å². The van der Waals surface area contributed by atoms with E-state index in [1.54, 1.807) is 36.5 Å². The van der Waals surface area contributed by atoms with Crippen LogP contribution in [0.3, 0.4) is 0 Å². The molecule has 0 bridgehead atoms. The lowest BCUT2D eigenvalue weighted by atomic mass is 10.0. The van der Waals surface area contributed by atoms with E-state index in [9.17, 15) is 19.2 Å². The maximum Gasteiger partial charge on any atom is 0.248 e. The predicted octanol–water partition coefficient (Wildman–Crippen LogP) is 1.79. The number of anilines is 1. The van der Waals surface area contributed by atoms with Gasteiger partial charge in [-0.25, -0.2) is 14.4 Å². The van der Waals surface area contributed by atoms with Gasteiger partial charge in [-0.15, -0.1) is 0 Å². The molecule has 2 amide bonds. The molecule has 0 radical (unpaired) electrons. The number of nitriles is 1. The monoisotopic (exact) mass is 505 g/mol. The van der Waals surface area contributed by atoms with Crippen LogP contribution in [0.25, 0.3) is 11.1 Å². The number of carbonyl (C=O) groups is 2. The first-order chi connectivity index (χ1) is 18.0. The number of nitrogens with zero attached hydrogens (tertiary/aromatic N) is 5. The summed E-state index contributed by atoms with van der Waals surface area (Å²) in [6.07, 6.45) is 1.65. The Bertz CT molecular complexity index is 1340. The number of halogens is 1. The highest BCUT2D eigenvalue weighted by atomic mass is 19.1. The van der Waals surface area contributed by atoms with E-state index in [2.05, 4.69) is 31.6 Å². The molecule has 2 fully saturated rings. The number of likely N-dealkylation sites (tertiary alicyclic amines) is 1. The van der Waals surface area contributed by atoms with Gasteiger partial charge in [0, 0.05) is 31.0 Å². The van der Waals surface area contributed by atoms with Crippen molar-refractivity contribution in [2.75, 3.05) is 25.0 Å². The molecule has 5 rings (SSSR count). The fraction of sp³-hybridized carbons (Fsp3) is 0.360. The van der Waals surface area contributed by atoms with Gasteiger partial charge in [-0.05, 0) is 41.8 Å². The summed E-state index contributed by atoms with van der Waals surface area (Å²) in [5, 5.41) is 28.1. The van der Waals surface area contributed by atoms with Crippen molar-refractivity contribution in [3.05, 3.63) is 54.2 Å². The van der Waals surface area contributed by atoms with Crippen LogP contribution in [0.15, 0.2) is 42.9 Å². The largest absolute Gasteiger partial charge is 0.486 e. The second kappa shape index (κ2) is 10.3. The second-order valence-electron chi connectivity index (χ2n) is 9.02. The van der Waals surface area contributed by atoms with Crippen LogP contribution in [0.5, 0.6) is 5.75 Å². The highest BCUT2D eigenvalue weighted by Gasteiger charge is 2.46. The lowest BCUT2D eigenvalue weighted by Gasteiger charge is -2.34. The molecule has 3 N–H and O–H groups in total. The molecule has 4 unspecified atom stereocenters. The molecular weight excluding hydrogens is 481 g/mol. The molecule has 1 aromatic carbocycles. The van der Waals surface area contributed by atoms with Crippen molar-refractivity contribution in [2.45, 2.75) is 31.0 Å². The number of benzene rings is 1. The van der Waals surface area contributed by atoms with Gasteiger partial charge in [0.2, 0.25) is 11.8 Å². The fourth-order valence-corrected chi connectivity index (χ4v) is 4.48. The summed E-state index contributed by atoms with van der Waals surface area (Å²) in [6, 6.07) is 10.5. The van der Waals surface area contributed by atoms with Gasteiger partial charge in [0.15, 0.2) is 6.17 Å². The van der Waals surface area contributed by atoms with Crippen molar-refractivity contribution in [2.24, 2.45) is 5.92 Å². The van der Waals surface area contributed by atoms with Crippen molar-refractivity contribution >= 4 is 17.6 Å². The average molecular weight is 506 g/mol. The van der Waals surface area contributed by atoms with Crippen LogP contribution >= 0.6 is 0 Å². The van der Waals surface area contributed by atoms with Crippen LogP contribution in [-0.4, -0.2) is 74.0 Å². The van der Waals surface area contributed by atoms with Crippen molar-refractivity contribution in [1.82, 2.24) is 25.1 Å². The Kier molecular flexibility index (Phi) is 6.78. The quantitative estimate of drug-likeness (QED) is 0.439. The third-order valence-electron chi connectivity index (χ3n) is 6.60. The Morgan fingerprint density at radius 1 is 1.27 bits per heavy atom. The van der Waals surface area contributed by atoms with Crippen LogP contribution in [0.1, 0.15) is 30.1 Å². The van der Waals surface area contributed by atoms with Gasteiger partial charge in [-0.2, -0.15) is 10.4 Å². The number of piperidine rings is 1. The number of rotatable bonds is 7. The Balaban J connectivity index is 1.25. The van der Waals surface area contributed by atoms with E-state index in [-0.39, 0.29) is 48.6 Å². The first-order valence-corrected chi connectivity index (χ1v) is 11.8. The molecule has 190 valence electrons. The van der Waals surface area contributed by atoms with Gasteiger partial charge < -0.3 is 20.1 Å². The number of pyridine rings is 1. The number of nitrogens with one attached hydrogen (secondary N) is 2. The molecular formula is C25H24FN7O4. The molecule has 37 heavy (non-hydrogen) atoms. The highest BCUT2D eigenvalue weighted by Crippen LogP contribution is 2.46. The SMILES string of the molecule is N#Cc1cc(-c2ccnc(NC(=O)C3CC3c3ncn[nH]3)c2)ccc1OC1CCN(C(=O)CO)CC1F. The van der Waals surface area contributed by atoms with Crippen molar-refractivity contribution in [1.29, 1.82) is 5.26 Å². The van der Waals surface area contributed by atoms with Gasteiger partial charge in [0.05, 0.1) is 12.1 Å². The number of H-pyrrole nitrogens is 1. The number of aliphatic hydroxyl groups is 1. The van der Waals surface area contributed by atoms with Gasteiger partial charge in [-0.1, -0.05) is 6.07 Å². The van der Waals surface area contributed by atoms with Gasteiger partial charge in [0.1, 0.15) is 42.5 Å². The van der Waals surface area contributed by atoms with Crippen LogP contribution in [0.4, 0.5) is 10.2 Å². The number of carbonyl (C=O) groups excluding carboxylic acids is 2. The molecule has 1 aliphatic heterocycles. The zero-order chi connectivity index (χ0) is 25.9. The number of aliphatic hydroxyl groups excluding tert-OH is 1. The summed E-state index contributed by atoms with van der Waals surface area (Å²) in [7, 11) is 0. The summed E-state index contributed by atoms with van der Waals surface area (Å²) in [4.78, 5) is 33.8. The van der Waals surface area contributed by atoms with Gasteiger partial charge in [-0.3, -0.25) is 14.7 Å². The standard InChI is InChI=1S/C25H24FN7O4/c26-19-11-33(23(35)12-34)6-4-21(19)37-20-2-1-14(7-16(20)10-27)15-3-5-28-22(8-15)31-25(36)18-9-17(18)24-29-13-30-32-24/h1-3,5,7-8,13,17-19,21,34H,4,6,9,11-12H2,(H,28,31,36)(H,29,30,32). The minimum Gasteiger partial charge on any atom is -0.486 e. The summed E-state index contributed by atoms with van der Waals surface area (Å²) in [6.45, 7) is -0.575. The Morgan fingerprint density at radius 3 is 2.84 bits per heavy atom. The summed E-state index contributed by atoms with van der Waals surface area (Å²) < 4.78 is 20.5. The van der Waals surface area contributed by atoms with E-state index in [1.807, 2.05) is 0 Å². The number of hydrogen-bond donors (Lipinski definition) is 3. The lowest BCUT2D eigenvalue weighted by molar-refractivity contribution is -0.138. The lowest BCUT2D eigenvalue weighted by Crippen LogP contribution is -2.50. The van der Waals surface area contributed by atoms with E-state index in [1.165, 1.54) is 11.2 Å². The smallest absolute Gasteiger partial charge is 0.248 e. The first kappa shape index (κ1) is 24.3. The van der Waals surface area contributed by atoms with E-state index in [0.717, 1.165) is 5.56 Å². The minimum atomic E-state index is -1.45. The zero-order valence-corrected chi connectivity index (χ0v) is 19.7. The Labute approximate surface area is 211 Å². The molecule has 3 aromatic rings. The summed E-state index contributed by atoms with van der Waals surface area (Å²) in [5.74, 6) is 0.458. The number of alkyl halides is 1. The molecule has 4 atom stereocenters. The highest BCUT2D eigenvalue weighted by molar-refractivity contribution is 5.94. The number of hydrogen-bond acceptors (Lipinski definition) is 8. The van der Waals surface area contributed by atoms with Crippen molar-refractivity contribution in [3.63, 3.8) is 0 Å². The molecule has 11 nitrogen and oxygen atoms in total. The summed E-state index contributed by atoms with van der Waals surface area (Å²) in [5.41, 5.74) is 1.66. The van der Waals surface area contributed by atoms with Crippen LogP contribution in [0, 0.1) is 17.2 Å². The van der Waals surface area contributed by atoms with E-state index in [0.29, 0.717) is 23.6 Å². The normalized spacial score (nSPS) is 22.7. The molecule has 12 heteroatoms. The van der Waals surface area contributed by atoms with Crippen molar-refractivity contribution < 1.29 is 23.8 Å². The number of amides is 2. The first-order valence-electron chi connectivity index (χ1n) is 11.8.